The molecule has 86 valence electrons. The molecule has 1 aromatic carbocycles. The molecule has 4 nitrogen and oxygen atoms in total. The fourth-order valence-corrected chi connectivity index (χ4v) is 3.04. The first-order valence-electron chi connectivity index (χ1n) is 5.81. The number of para-hydroxylation sites is 1. The zero-order valence-electron chi connectivity index (χ0n) is 9.64. The van der Waals surface area contributed by atoms with Crippen molar-refractivity contribution < 1.29 is 0 Å². The van der Waals surface area contributed by atoms with E-state index >= 15 is 0 Å². The number of nitrogens with one attached hydrogen (secondary N) is 2. The van der Waals surface area contributed by atoms with Crippen LogP contribution in [0.25, 0.3) is 0 Å². The summed E-state index contributed by atoms with van der Waals surface area (Å²) in [5.41, 5.74) is 2.32. The second-order valence-electron chi connectivity index (χ2n) is 4.57. The van der Waals surface area contributed by atoms with Crippen LogP contribution in [0.1, 0.15) is 18.0 Å². The molecule has 3 atom stereocenters. The van der Waals surface area contributed by atoms with E-state index in [9.17, 15) is 0 Å². The van der Waals surface area contributed by atoms with Gasteiger partial charge in [0.05, 0.1) is 18.2 Å². The number of amidine groups is 1. The van der Waals surface area contributed by atoms with E-state index in [1.54, 1.807) is 0 Å². The lowest BCUT2D eigenvalue weighted by Crippen LogP contribution is -2.35. The van der Waals surface area contributed by atoms with Gasteiger partial charge >= 0.3 is 0 Å². The lowest BCUT2D eigenvalue weighted by Gasteiger charge is -2.21. The van der Waals surface area contributed by atoms with Gasteiger partial charge in [0.15, 0.2) is 0 Å². The summed E-state index contributed by atoms with van der Waals surface area (Å²) in [6.45, 7) is 0. The van der Waals surface area contributed by atoms with Crippen molar-refractivity contribution in [2.45, 2.75) is 18.5 Å². The van der Waals surface area contributed by atoms with Crippen molar-refractivity contribution in [3.63, 3.8) is 0 Å². The molecular weight excluding hydrogens is 212 g/mol. The van der Waals surface area contributed by atoms with E-state index in [4.69, 9.17) is 10.7 Å². The maximum Gasteiger partial charge on any atom is 0.118 e. The summed E-state index contributed by atoms with van der Waals surface area (Å²) >= 11 is 0. The molecule has 0 aromatic heterocycles. The lowest BCUT2D eigenvalue weighted by atomic mass is 9.97. The number of nitriles is 1. The molecule has 0 spiro atoms. The molecule has 0 aliphatic carbocycles. The van der Waals surface area contributed by atoms with E-state index in [1.165, 1.54) is 5.56 Å². The van der Waals surface area contributed by atoms with Crippen LogP contribution in [0.2, 0.25) is 0 Å². The average molecular weight is 226 g/mol. The van der Waals surface area contributed by atoms with Gasteiger partial charge in [0.1, 0.15) is 11.8 Å². The first-order chi connectivity index (χ1) is 8.27. The number of hydrogen-bond acceptors (Lipinski definition) is 3. The minimum absolute atomic E-state index is 0.217. The third-order valence-corrected chi connectivity index (χ3v) is 3.78. The Bertz CT molecular complexity index is 516. The Labute approximate surface area is 100 Å². The van der Waals surface area contributed by atoms with Gasteiger partial charge in [-0.15, -0.1) is 0 Å². The highest BCUT2D eigenvalue weighted by Crippen LogP contribution is 2.46. The second kappa shape index (κ2) is 3.57. The van der Waals surface area contributed by atoms with Crippen molar-refractivity contribution in [2.24, 2.45) is 5.92 Å². The van der Waals surface area contributed by atoms with Crippen LogP contribution in [0.15, 0.2) is 24.3 Å². The van der Waals surface area contributed by atoms with Crippen molar-refractivity contribution in [3.05, 3.63) is 29.8 Å². The Hall–Kier alpha value is -1.86. The number of benzene rings is 1. The van der Waals surface area contributed by atoms with Gasteiger partial charge in [-0.25, -0.2) is 0 Å². The van der Waals surface area contributed by atoms with Gasteiger partial charge in [-0.3, -0.25) is 5.41 Å². The third-order valence-electron chi connectivity index (χ3n) is 3.78. The van der Waals surface area contributed by atoms with E-state index in [1.807, 2.05) is 30.1 Å². The predicted molar refractivity (Wildman–Crippen MR) is 66.0 cm³/mol. The first kappa shape index (κ1) is 10.3. The first-order valence-corrected chi connectivity index (χ1v) is 5.81. The second-order valence-corrected chi connectivity index (χ2v) is 4.57. The number of anilines is 1. The van der Waals surface area contributed by atoms with Crippen LogP contribution in [0, 0.1) is 22.7 Å². The van der Waals surface area contributed by atoms with Crippen LogP contribution >= 0.6 is 0 Å². The minimum Gasteiger partial charge on any atom is -0.324 e. The number of nitrogens with zero attached hydrogens (tertiary/aromatic N) is 2. The third kappa shape index (κ3) is 1.23. The standard InChI is InChI=1S/C13H14N4/c1-16-12-9-4-2-3-5-10(9)17-11(12)6-8(7-14)13(17)15/h2-5,8,11-12,15-16H,6H2,1H3. The highest BCUT2D eigenvalue weighted by atomic mass is 15.3. The molecule has 17 heavy (non-hydrogen) atoms. The number of hydrogen-bond donors (Lipinski definition) is 2. The monoisotopic (exact) mass is 226 g/mol. The molecule has 0 bridgehead atoms. The Morgan fingerprint density at radius 3 is 2.94 bits per heavy atom. The SMILES string of the molecule is CNC1c2ccccc2N2C(=N)C(C#N)CC12. The maximum atomic E-state index is 9.06. The van der Waals surface area contributed by atoms with E-state index < -0.39 is 0 Å². The fourth-order valence-electron chi connectivity index (χ4n) is 3.04. The highest BCUT2D eigenvalue weighted by Gasteiger charge is 2.47. The number of likely N-dealkylation sites (N-methyl/N-ethyl adjacent to an activating group) is 1. The Kier molecular flexibility index (Phi) is 2.17. The van der Waals surface area contributed by atoms with Gasteiger partial charge in [0, 0.05) is 5.69 Å². The van der Waals surface area contributed by atoms with Gasteiger partial charge in [-0.05, 0) is 25.1 Å². The molecule has 1 saturated heterocycles. The molecule has 0 amide bonds. The quantitative estimate of drug-likeness (QED) is 0.765. The number of fused-ring (bicyclic) bond motifs is 3. The van der Waals surface area contributed by atoms with E-state index in [2.05, 4.69) is 17.5 Å². The van der Waals surface area contributed by atoms with Crippen LogP contribution < -0.4 is 10.2 Å². The van der Waals surface area contributed by atoms with E-state index in [-0.39, 0.29) is 18.0 Å². The van der Waals surface area contributed by atoms with Crippen molar-refractivity contribution >= 4 is 11.5 Å². The van der Waals surface area contributed by atoms with E-state index in [0.717, 1.165) is 12.1 Å². The summed E-state index contributed by atoms with van der Waals surface area (Å²) in [6.07, 6.45) is 0.746. The topological polar surface area (TPSA) is 62.9 Å². The molecule has 1 fully saturated rings. The Balaban J connectivity index is 2.10. The average Bonchev–Trinajstić information content (AvgIpc) is 2.84. The van der Waals surface area contributed by atoms with Gasteiger partial charge in [0.2, 0.25) is 0 Å². The van der Waals surface area contributed by atoms with Crippen molar-refractivity contribution in [1.29, 1.82) is 10.7 Å². The smallest absolute Gasteiger partial charge is 0.118 e. The van der Waals surface area contributed by atoms with Gasteiger partial charge in [-0.2, -0.15) is 5.26 Å². The summed E-state index contributed by atoms with van der Waals surface area (Å²) in [5, 5.41) is 20.5. The molecule has 2 aliphatic rings. The van der Waals surface area contributed by atoms with Crippen molar-refractivity contribution in [1.82, 2.24) is 5.32 Å². The van der Waals surface area contributed by atoms with Crippen LogP contribution in [0.3, 0.4) is 0 Å². The molecule has 2 N–H and O–H groups in total. The normalized spacial score (nSPS) is 30.0. The zero-order valence-corrected chi connectivity index (χ0v) is 9.64. The predicted octanol–water partition coefficient (Wildman–Crippen LogP) is 1.66. The van der Waals surface area contributed by atoms with Crippen LogP contribution in [0.5, 0.6) is 0 Å². The van der Waals surface area contributed by atoms with Crippen molar-refractivity contribution in [3.8, 4) is 6.07 Å². The largest absolute Gasteiger partial charge is 0.324 e. The maximum absolute atomic E-state index is 9.06. The molecule has 0 radical (unpaired) electrons. The van der Waals surface area contributed by atoms with Crippen LogP contribution in [0.4, 0.5) is 5.69 Å². The Morgan fingerprint density at radius 1 is 1.47 bits per heavy atom. The summed E-state index contributed by atoms with van der Waals surface area (Å²) in [6, 6.07) is 10.8. The molecule has 1 aromatic rings. The van der Waals surface area contributed by atoms with Crippen LogP contribution in [-0.2, 0) is 0 Å². The van der Waals surface area contributed by atoms with Gasteiger partial charge < -0.3 is 10.2 Å². The van der Waals surface area contributed by atoms with Gasteiger partial charge in [-0.1, -0.05) is 18.2 Å². The zero-order chi connectivity index (χ0) is 12.0. The summed E-state index contributed by atoms with van der Waals surface area (Å²) in [4.78, 5) is 2.02. The summed E-state index contributed by atoms with van der Waals surface area (Å²) < 4.78 is 0. The molecule has 3 unspecified atom stereocenters. The molecule has 4 heteroatoms. The molecule has 2 aliphatic heterocycles. The van der Waals surface area contributed by atoms with E-state index in [0.29, 0.717) is 5.84 Å². The fraction of sp³-hybridized carbons (Fsp3) is 0.385. The summed E-state index contributed by atoms with van der Waals surface area (Å²) in [5.74, 6) is 0.187. The molecule has 3 rings (SSSR count). The van der Waals surface area contributed by atoms with Gasteiger partial charge in [0.25, 0.3) is 0 Å². The minimum atomic E-state index is -0.260. The number of rotatable bonds is 1. The molecule has 2 heterocycles. The lowest BCUT2D eigenvalue weighted by molar-refractivity contribution is 0.493. The highest BCUT2D eigenvalue weighted by molar-refractivity contribution is 6.03. The van der Waals surface area contributed by atoms with Crippen LogP contribution in [-0.4, -0.2) is 18.9 Å². The molecule has 0 saturated carbocycles. The Morgan fingerprint density at radius 2 is 2.24 bits per heavy atom. The molecular formula is C13H14N4. The summed E-state index contributed by atoms with van der Waals surface area (Å²) in [7, 11) is 1.94. The van der Waals surface area contributed by atoms with Crippen molar-refractivity contribution in [2.75, 3.05) is 11.9 Å².